The fraction of sp³-hybridized carbons (Fsp3) is 0.170. The molecule has 8 aromatic carbocycles. The van der Waals surface area contributed by atoms with E-state index in [2.05, 4.69) is 43.3 Å². The van der Waals surface area contributed by atoms with Crippen molar-refractivity contribution in [1.29, 1.82) is 0 Å². The van der Waals surface area contributed by atoms with E-state index >= 15 is 0 Å². The molecule has 11 aromatic rings. The zero-order chi connectivity index (χ0) is 83.2. The number of thiazole rings is 1. The molecule has 21 nitrogen and oxygen atoms in total. The molecule has 0 aliphatic heterocycles. The van der Waals surface area contributed by atoms with Gasteiger partial charge in [0, 0.05) is 22.1 Å². The maximum atomic E-state index is 13.9. The molecule has 0 spiro atoms. The number of hydrogen-bond donors (Lipinski definition) is 0. The van der Waals surface area contributed by atoms with Crippen LogP contribution in [0.2, 0.25) is 0 Å². The largest absolute Gasteiger partial charge is 0.489 e. The van der Waals surface area contributed by atoms with Crippen LogP contribution in [-0.2, 0) is 26.4 Å². The lowest BCUT2D eigenvalue weighted by atomic mass is 10.0. The van der Waals surface area contributed by atoms with Crippen molar-refractivity contribution >= 4 is 51.8 Å². The number of aryl methyl sites for hydroxylation is 4. The van der Waals surface area contributed by atoms with Gasteiger partial charge >= 0.3 is 0 Å². The van der Waals surface area contributed by atoms with Gasteiger partial charge in [0.25, 0.3) is 51.6 Å². The first-order valence-electron chi connectivity index (χ1n) is 33.9. The Bertz CT molecular complexity index is 5240. The molecule has 114 heavy (non-hydrogen) atoms. The maximum absolute atomic E-state index is 13.9. The SMILES string of the molecule is [C-]#[N+]CC(=O)c1c(F)c(F)c(OCc2ccccc2)c(F)c1F.[C-]#[N+]CC(=O)c1cc(C)c(OCc2ccccc2)c(C)c1.[C-]#[N+]CC(=O)c1ccc(OCc2ccccc2)c(C)c1.[C-]#[N+]CC(=O)c1ccc(OCc2ccccc2)cc1.[C-]#[N+]CC(=O)c1ccoc1.[C-]#[N+]CC(=O)c1ccoc1C.[C-]#[N+]CC(=O)c1cscn1. The second kappa shape index (κ2) is 49.1. The molecule has 11 rings (SSSR count). The van der Waals surface area contributed by atoms with E-state index in [4.69, 9.17) is 69.4 Å². The third-order valence-corrected chi connectivity index (χ3v) is 15.8. The molecule has 0 fully saturated rings. The van der Waals surface area contributed by atoms with E-state index in [1.807, 2.05) is 112 Å². The van der Waals surface area contributed by atoms with Gasteiger partial charge in [-0.25, -0.2) is 59.8 Å². The van der Waals surface area contributed by atoms with E-state index in [9.17, 15) is 51.1 Å². The number of hydrogen-bond acceptors (Lipinski definition) is 15. The van der Waals surface area contributed by atoms with Crippen molar-refractivity contribution in [2.75, 3.05) is 45.8 Å². The highest BCUT2D eigenvalue weighted by atomic mass is 32.1. The molecule has 0 aliphatic rings. The Labute approximate surface area is 660 Å². The molecule has 0 atom stereocenters. The van der Waals surface area contributed by atoms with Crippen molar-refractivity contribution in [1.82, 2.24) is 4.98 Å². The van der Waals surface area contributed by atoms with Crippen LogP contribution in [-0.4, -0.2) is 91.3 Å². The topological polar surface area (TPSA) is 226 Å². The van der Waals surface area contributed by atoms with Gasteiger partial charge in [-0.15, -0.1) is 11.3 Å². The van der Waals surface area contributed by atoms with E-state index in [-0.39, 0.29) is 80.6 Å². The van der Waals surface area contributed by atoms with E-state index in [0.29, 0.717) is 70.4 Å². The number of aromatic nitrogens is 1. The highest BCUT2D eigenvalue weighted by Crippen LogP contribution is 2.32. The molecular weight excluding hydrogens is 1490 g/mol. The first-order valence-corrected chi connectivity index (χ1v) is 34.8. The minimum absolute atomic E-state index is 0.0935. The van der Waals surface area contributed by atoms with E-state index < -0.39 is 46.9 Å². The van der Waals surface area contributed by atoms with Crippen LogP contribution in [0.4, 0.5) is 17.6 Å². The van der Waals surface area contributed by atoms with Gasteiger partial charge in [0.2, 0.25) is 46.3 Å². The van der Waals surface area contributed by atoms with Crippen molar-refractivity contribution in [3.8, 4) is 23.0 Å². The average molecular weight is 1560 g/mol. The van der Waals surface area contributed by atoms with Gasteiger partial charge in [0.05, 0.1) is 29.2 Å². The molecule has 0 radical (unpaired) electrons. The third-order valence-electron chi connectivity index (χ3n) is 15.2. The Hall–Kier alpha value is -15.0. The highest BCUT2D eigenvalue weighted by molar-refractivity contribution is 7.07. The van der Waals surface area contributed by atoms with Gasteiger partial charge in [-0.1, -0.05) is 121 Å². The second-order valence-electron chi connectivity index (χ2n) is 23.5. The zero-order valence-electron chi connectivity index (χ0n) is 61.9. The Morgan fingerprint density at radius 2 is 0.781 bits per heavy atom. The predicted octanol–water partition coefficient (Wildman–Crippen LogP) is 19.3. The fourth-order valence-corrected chi connectivity index (χ4v) is 10.1. The van der Waals surface area contributed by atoms with Gasteiger partial charge in [-0.05, 0) is 133 Å². The van der Waals surface area contributed by atoms with E-state index in [1.165, 1.54) is 30.1 Å². The first-order chi connectivity index (χ1) is 55.0. The van der Waals surface area contributed by atoms with Crippen LogP contribution >= 0.6 is 11.3 Å². The van der Waals surface area contributed by atoms with E-state index in [0.717, 1.165) is 44.9 Å². The van der Waals surface area contributed by atoms with Crippen LogP contribution in [0, 0.1) is 97.0 Å². The standard InChI is InChI=1S/C18H17NO2.C17H15NO2.C16H9F4NO2.C16H13NO2.C8H7NO2.C7H5NO2.C6H4N2OS/c1-13-9-16(17(20)11-19-3)10-14(2)18(13)21-12-15-7-5-4-6-8-15;1-13-10-15(16(19)11-18-2)8-9-17(13)20-12-14-6-4-3-5-7-14;1-21-7-10(22)11-12(17)14(19)16(15(20)13(11)18)23-8-9-5-3-2-4-6-9;1-17-11-16(18)14-7-9-15(10-8-14)19-12-13-5-3-2-4-6-13;1-6-7(3-4-11-6)8(10)5-9-2;1-8-4-7(9)6-2-3-10-5-6;1-7-2-6(9)5-3-10-4-8-5/h4-10H,11-12H2,1-2H3;3-10H,11-12H2,1H3;2-6H,7-8H2;2-10H,11-12H2;3-4H,5H2,1H3;2-3,5H,4H2;3-4H,2H2. The summed E-state index contributed by atoms with van der Waals surface area (Å²) in [6.45, 7) is 53.0. The molecule has 0 N–H and O–H groups in total. The number of nitrogens with zero attached hydrogens (tertiary/aromatic N) is 8. The number of benzene rings is 8. The lowest BCUT2D eigenvalue weighted by Crippen LogP contribution is -2.14. The van der Waals surface area contributed by atoms with Crippen LogP contribution in [0.1, 0.15) is 117 Å². The number of furan rings is 2. The van der Waals surface area contributed by atoms with Crippen LogP contribution in [0.3, 0.4) is 0 Å². The normalized spacial score (nSPS) is 9.62. The summed E-state index contributed by atoms with van der Waals surface area (Å²) < 4.78 is 87.0. The number of rotatable bonds is 26. The van der Waals surface area contributed by atoms with Crippen LogP contribution in [0.5, 0.6) is 23.0 Å². The number of Topliss-reactive ketones (excluding diaryl/α,β-unsaturated/α-hetero) is 7. The van der Waals surface area contributed by atoms with Crippen LogP contribution in [0.15, 0.2) is 227 Å². The molecule has 0 saturated carbocycles. The molecule has 0 bridgehead atoms. The van der Waals surface area contributed by atoms with Crippen LogP contribution in [0.25, 0.3) is 33.9 Å². The summed E-state index contributed by atoms with van der Waals surface area (Å²) in [5.41, 5.74) is 9.79. The zero-order valence-corrected chi connectivity index (χ0v) is 62.7. The molecule has 0 amide bonds. The molecular formula is C88H70F4N8O13S. The summed E-state index contributed by atoms with van der Waals surface area (Å²) in [5, 5.41) is 1.65. The minimum Gasteiger partial charge on any atom is -0.489 e. The maximum Gasteiger partial charge on any atom is 0.278 e. The van der Waals surface area contributed by atoms with Crippen LogP contribution < -0.4 is 18.9 Å². The number of carbonyl (C=O) groups excluding carboxylic acids is 7. The number of carbonyl (C=O) groups is 7. The molecule has 574 valence electrons. The highest BCUT2D eigenvalue weighted by Gasteiger charge is 2.31. The first kappa shape index (κ1) is 89.6. The fourth-order valence-electron chi connectivity index (χ4n) is 9.54. The van der Waals surface area contributed by atoms with Gasteiger partial charge < -0.3 is 61.7 Å². The monoisotopic (exact) mass is 1550 g/mol. The van der Waals surface area contributed by atoms with Crippen molar-refractivity contribution in [2.24, 2.45) is 0 Å². The quantitative estimate of drug-likeness (QED) is 0.0213. The van der Waals surface area contributed by atoms with Gasteiger partial charge in [0.1, 0.15) is 67.0 Å². The summed E-state index contributed by atoms with van der Waals surface area (Å²) in [4.78, 5) is 104. The smallest absolute Gasteiger partial charge is 0.278 e. The van der Waals surface area contributed by atoms with Crippen molar-refractivity contribution in [2.45, 2.75) is 54.1 Å². The van der Waals surface area contributed by atoms with Gasteiger partial charge in [0.15, 0.2) is 17.4 Å². The molecule has 26 heteroatoms. The number of halogens is 4. The third kappa shape index (κ3) is 29.9. The van der Waals surface area contributed by atoms with Crippen molar-refractivity contribution in [3.63, 3.8) is 0 Å². The van der Waals surface area contributed by atoms with Crippen molar-refractivity contribution in [3.05, 3.63) is 405 Å². The number of ether oxygens (including phenoxy) is 4. The summed E-state index contributed by atoms with van der Waals surface area (Å²) in [6, 6.07) is 56.8. The van der Waals surface area contributed by atoms with Crippen molar-refractivity contribution < 1.29 is 78.9 Å². The Morgan fingerprint density at radius 3 is 1.20 bits per heavy atom. The molecule has 3 aromatic heterocycles. The lowest BCUT2D eigenvalue weighted by molar-refractivity contribution is 0.0991. The minimum atomic E-state index is -1.87. The molecule has 0 aliphatic carbocycles. The Balaban J connectivity index is 0.000000243. The Kier molecular flexibility index (Phi) is 38.6. The average Bonchev–Trinajstić information content (AvgIpc) is 0.790. The summed E-state index contributed by atoms with van der Waals surface area (Å²) in [5.74, 6) is -8.14. The van der Waals surface area contributed by atoms with Gasteiger partial charge in [-0.3, -0.25) is 33.6 Å². The summed E-state index contributed by atoms with van der Waals surface area (Å²) in [7, 11) is 0. The van der Waals surface area contributed by atoms with E-state index in [1.54, 1.807) is 115 Å². The Morgan fingerprint density at radius 1 is 0.386 bits per heavy atom. The summed E-state index contributed by atoms with van der Waals surface area (Å²) >= 11 is 1.36. The predicted molar refractivity (Wildman–Crippen MR) is 418 cm³/mol. The molecule has 0 saturated heterocycles. The molecule has 0 unspecified atom stereocenters. The summed E-state index contributed by atoms with van der Waals surface area (Å²) in [6.07, 6.45) is 4.21. The lowest BCUT2D eigenvalue weighted by Gasteiger charge is -2.13. The van der Waals surface area contributed by atoms with Gasteiger partial charge in [-0.2, -0.15) is 8.78 Å². The molecule has 3 heterocycles. The second-order valence-corrected chi connectivity index (χ2v) is 24.2. The number of ketones is 7.